The average molecular weight is 455 g/mol. The Hall–Kier alpha value is -3.16. The van der Waals surface area contributed by atoms with E-state index in [0.29, 0.717) is 27.0 Å². The number of nitrogens with zero attached hydrogens (tertiary/aromatic N) is 2. The first-order chi connectivity index (χ1) is 14.8. The molecule has 2 aromatic carbocycles. The Labute approximate surface area is 188 Å². The largest absolute Gasteiger partial charge is 0.507 e. The lowest BCUT2D eigenvalue weighted by atomic mass is 9.95. The van der Waals surface area contributed by atoms with Crippen LogP contribution >= 0.6 is 22.9 Å². The number of carbonyl (C=O) groups excluding carboxylic acids is 2. The standard InChI is InChI=1S/C23H19ClN2O4S/c1-12-13(2)31-23(25-12)26-19(15-5-4-6-17(11-15)30-3)18(21(28)22(26)29)20(27)14-7-9-16(24)10-8-14/h4-11,19,27H,1-3H3. The van der Waals surface area contributed by atoms with Crippen LogP contribution in [0.25, 0.3) is 5.76 Å². The van der Waals surface area contributed by atoms with Gasteiger partial charge in [0.25, 0.3) is 5.78 Å². The third kappa shape index (κ3) is 3.71. The fourth-order valence-corrected chi connectivity index (χ4v) is 4.54. The number of aryl methyl sites for hydroxylation is 2. The maximum Gasteiger partial charge on any atom is 0.301 e. The predicted octanol–water partition coefficient (Wildman–Crippen LogP) is 5.05. The fraction of sp³-hybridized carbons (Fsp3) is 0.174. The summed E-state index contributed by atoms with van der Waals surface area (Å²) in [6, 6.07) is 12.6. The maximum atomic E-state index is 13.1. The van der Waals surface area contributed by atoms with E-state index in [0.717, 1.165) is 10.6 Å². The Bertz CT molecular complexity index is 1200. The van der Waals surface area contributed by atoms with E-state index in [1.165, 1.54) is 23.3 Å². The minimum Gasteiger partial charge on any atom is -0.507 e. The van der Waals surface area contributed by atoms with Gasteiger partial charge in [-0.3, -0.25) is 14.5 Å². The maximum absolute atomic E-state index is 13.1. The Morgan fingerprint density at radius 2 is 1.87 bits per heavy atom. The molecular weight excluding hydrogens is 436 g/mol. The van der Waals surface area contributed by atoms with E-state index >= 15 is 0 Å². The number of hydrogen-bond acceptors (Lipinski definition) is 6. The van der Waals surface area contributed by atoms with Crippen LogP contribution in [0.15, 0.2) is 54.1 Å². The van der Waals surface area contributed by atoms with E-state index in [1.54, 1.807) is 48.5 Å². The Morgan fingerprint density at radius 3 is 2.48 bits per heavy atom. The van der Waals surface area contributed by atoms with Crippen LogP contribution in [0, 0.1) is 13.8 Å². The molecule has 0 radical (unpaired) electrons. The molecule has 1 unspecified atom stereocenters. The molecule has 0 saturated carbocycles. The molecule has 1 N–H and O–H groups in total. The summed E-state index contributed by atoms with van der Waals surface area (Å²) in [7, 11) is 1.54. The number of ketones is 1. The summed E-state index contributed by atoms with van der Waals surface area (Å²) in [5.74, 6) is -1.21. The summed E-state index contributed by atoms with van der Waals surface area (Å²) in [6.07, 6.45) is 0. The topological polar surface area (TPSA) is 79.7 Å². The Balaban J connectivity index is 1.96. The molecule has 6 nitrogen and oxygen atoms in total. The lowest BCUT2D eigenvalue weighted by Crippen LogP contribution is -2.29. The number of hydrogen-bond donors (Lipinski definition) is 1. The number of thiazole rings is 1. The summed E-state index contributed by atoms with van der Waals surface area (Å²) >= 11 is 7.28. The molecule has 158 valence electrons. The number of amides is 1. The van der Waals surface area contributed by atoms with Gasteiger partial charge in [-0.1, -0.05) is 23.7 Å². The lowest BCUT2D eigenvalue weighted by molar-refractivity contribution is -0.132. The van der Waals surface area contributed by atoms with Gasteiger partial charge in [0.15, 0.2) is 5.13 Å². The van der Waals surface area contributed by atoms with Crippen molar-refractivity contribution >= 4 is 45.5 Å². The van der Waals surface area contributed by atoms with Gasteiger partial charge in [-0.2, -0.15) is 0 Å². The number of benzene rings is 2. The van der Waals surface area contributed by atoms with Crippen molar-refractivity contribution in [3.8, 4) is 5.75 Å². The van der Waals surface area contributed by atoms with Crippen molar-refractivity contribution in [2.45, 2.75) is 19.9 Å². The summed E-state index contributed by atoms with van der Waals surface area (Å²) in [5, 5.41) is 12.0. The first-order valence-electron chi connectivity index (χ1n) is 9.46. The van der Waals surface area contributed by atoms with Gasteiger partial charge in [0.1, 0.15) is 11.5 Å². The molecule has 1 aliphatic rings. The second-order valence-corrected chi connectivity index (χ2v) is 8.71. The number of Topliss-reactive ketones (excluding diaryl/α,β-unsaturated/α-hetero) is 1. The van der Waals surface area contributed by atoms with Crippen LogP contribution < -0.4 is 9.64 Å². The number of halogens is 1. The van der Waals surface area contributed by atoms with Gasteiger partial charge in [-0.15, -0.1) is 11.3 Å². The minimum absolute atomic E-state index is 0.00826. The normalized spacial score (nSPS) is 17.9. The molecule has 1 saturated heterocycles. The van der Waals surface area contributed by atoms with Crippen molar-refractivity contribution < 1.29 is 19.4 Å². The predicted molar refractivity (Wildman–Crippen MR) is 121 cm³/mol. The first-order valence-corrected chi connectivity index (χ1v) is 10.7. The highest BCUT2D eigenvalue weighted by atomic mass is 35.5. The molecule has 0 bridgehead atoms. The van der Waals surface area contributed by atoms with E-state index in [4.69, 9.17) is 16.3 Å². The summed E-state index contributed by atoms with van der Waals surface area (Å²) < 4.78 is 5.33. The van der Waals surface area contributed by atoms with E-state index < -0.39 is 17.7 Å². The quantitative estimate of drug-likeness (QED) is 0.339. The molecule has 0 aliphatic carbocycles. The number of methoxy groups -OCH3 is 1. The highest BCUT2D eigenvalue weighted by molar-refractivity contribution is 7.16. The zero-order valence-electron chi connectivity index (χ0n) is 17.0. The van der Waals surface area contributed by atoms with E-state index in [1.807, 2.05) is 13.8 Å². The van der Waals surface area contributed by atoms with Crippen LogP contribution in [0.2, 0.25) is 5.02 Å². The molecule has 1 aromatic heterocycles. The third-order valence-corrected chi connectivity index (χ3v) is 6.52. The summed E-state index contributed by atoms with van der Waals surface area (Å²) in [4.78, 5) is 33.0. The van der Waals surface area contributed by atoms with E-state index in [2.05, 4.69) is 4.98 Å². The van der Waals surface area contributed by atoms with Gasteiger partial charge in [0, 0.05) is 15.5 Å². The molecule has 1 atom stereocenters. The van der Waals surface area contributed by atoms with Crippen molar-refractivity contribution in [3.63, 3.8) is 0 Å². The second-order valence-electron chi connectivity index (χ2n) is 7.09. The van der Waals surface area contributed by atoms with Crippen LogP contribution in [0.3, 0.4) is 0 Å². The van der Waals surface area contributed by atoms with Crippen LogP contribution in [-0.2, 0) is 9.59 Å². The lowest BCUT2D eigenvalue weighted by Gasteiger charge is -2.23. The van der Waals surface area contributed by atoms with Crippen LogP contribution in [0.1, 0.15) is 27.7 Å². The molecule has 1 fully saturated rings. The van der Waals surface area contributed by atoms with Crippen LogP contribution in [0.4, 0.5) is 5.13 Å². The van der Waals surface area contributed by atoms with Crippen molar-refractivity contribution in [1.82, 2.24) is 4.98 Å². The molecule has 1 amide bonds. The van der Waals surface area contributed by atoms with Crippen molar-refractivity contribution in [2.75, 3.05) is 12.0 Å². The number of aliphatic hydroxyl groups excluding tert-OH is 1. The number of ether oxygens (including phenoxy) is 1. The third-order valence-electron chi connectivity index (χ3n) is 5.19. The SMILES string of the molecule is COc1cccc(C2C(=C(O)c3ccc(Cl)cc3)C(=O)C(=O)N2c2nc(C)c(C)s2)c1. The van der Waals surface area contributed by atoms with Crippen molar-refractivity contribution in [1.29, 1.82) is 0 Å². The highest BCUT2D eigenvalue weighted by Crippen LogP contribution is 2.44. The van der Waals surface area contributed by atoms with Gasteiger partial charge in [-0.25, -0.2) is 4.98 Å². The number of aliphatic hydroxyl groups is 1. The smallest absolute Gasteiger partial charge is 0.301 e. The van der Waals surface area contributed by atoms with Gasteiger partial charge >= 0.3 is 5.91 Å². The van der Waals surface area contributed by atoms with Gasteiger partial charge in [-0.05, 0) is 55.8 Å². The van der Waals surface area contributed by atoms with E-state index in [9.17, 15) is 14.7 Å². The minimum atomic E-state index is -0.851. The van der Waals surface area contributed by atoms with Gasteiger partial charge in [0.05, 0.1) is 24.4 Å². The molecule has 31 heavy (non-hydrogen) atoms. The van der Waals surface area contributed by atoms with Crippen LogP contribution in [-0.4, -0.2) is 28.9 Å². The number of anilines is 1. The second kappa shape index (κ2) is 8.17. The average Bonchev–Trinajstić information content (AvgIpc) is 3.23. The number of carbonyl (C=O) groups is 2. The molecule has 3 aromatic rings. The highest BCUT2D eigenvalue weighted by Gasteiger charge is 2.48. The molecule has 8 heteroatoms. The molecule has 2 heterocycles. The van der Waals surface area contributed by atoms with Crippen molar-refractivity contribution in [3.05, 3.63) is 80.8 Å². The molecule has 0 spiro atoms. The molecule has 1 aliphatic heterocycles. The number of rotatable bonds is 4. The van der Waals surface area contributed by atoms with Gasteiger partial charge < -0.3 is 9.84 Å². The zero-order valence-corrected chi connectivity index (χ0v) is 18.6. The zero-order chi connectivity index (χ0) is 22.3. The molecule has 4 rings (SSSR count). The fourth-order valence-electron chi connectivity index (χ4n) is 3.48. The van der Waals surface area contributed by atoms with E-state index in [-0.39, 0.29) is 11.3 Å². The van der Waals surface area contributed by atoms with Crippen LogP contribution in [0.5, 0.6) is 5.75 Å². The summed E-state index contributed by atoms with van der Waals surface area (Å²) in [5.41, 5.74) is 1.79. The first kappa shape index (κ1) is 21.1. The summed E-state index contributed by atoms with van der Waals surface area (Å²) in [6.45, 7) is 3.75. The van der Waals surface area contributed by atoms with Gasteiger partial charge in [0.2, 0.25) is 0 Å². The molecular formula is C23H19ClN2O4S. The Morgan fingerprint density at radius 1 is 1.16 bits per heavy atom. The van der Waals surface area contributed by atoms with Crippen molar-refractivity contribution in [2.24, 2.45) is 0 Å². The monoisotopic (exact) mass is 454 g/mol. The Kier molecular flexibility index (Phi) is 5.56. The number of aromatic nitrogens is 1.